The fourth-order valence-electron chi connectivity index (χ4n) is 0.732. The summed E-state index contributed by atoms with van der Waals surface area (Å²) < 4.78 is 0. The smallest absolute Gasteiger partial charge is 0.330 e. The molecule has 0 rings (SSSR count). The third kappa shape index (κ3) is 4.59. The van der Waals surface area contributed by atoms with Crippen LogP contribution in [-0.4, -0.2) is 11.1 Å². The second-order valence-corrected chi connectivity index (χ2v) is 2.96. The Labute approximate surface area is 67.9 Å². The molecule has 0 spiro atoms. The highest BCUT2D eigenvalue weighted by Crippen LogP contribution is 2.13. The van der Waals surface area contributed by atoms with Crippen LogP contribution in [0.25, 0.3) is 0 Å². The van der Waals surface area contributed by atoms with Gasteiger partial charge in [0.15, 0.2) is 0 Å². The molecule has 0 radical (unpaired) electrons. The summed E-state index contributed by atoms with van der Waals surface area (Å²) in [5, 5.41) is 8.47. The fourth-order valence-corrected chi connectivity index (χ4v) is 0.732. The maximum atomic E-state index is 10.3. The van der Waals surface area contributed by atoms with Gasteiger partial charge in [0.1, 0.15) is 0 Å². The van der Waals surface area contributed by atoms with Gasteiger partial charge in [0.05, 0.1) is 0 Å². The van der Waals surface area contributed by atoms with E-state index in [0.29, 0.717) is 17.9 Å². The van der Waals surface area contributed by atoms with E-state index in [9.17, 15) is 4.79 Å². The molecule has 2 nitrogen and oxygen atoms in total. The summed E-state index contributed by atoms with van der Waals surface area (Å²) in [6.07, 6.45) is 2.65. The molecule has 1 atom stereocenters. The van der Waals surface area contributed by atoms with Crippen LogP contribution in [0, 0.1) is 5.92 Å². The van der Waals surface area contributed by atoms with Gasteiger partial charge in [-0.15, -0.1) is 0 Å². The van der Waals surface area contributed by atoms with Crippen molar-refractivity contribution < 1.29 is 9.90 Å². The molecule has 2 heteroatoms. The fraction of sp³-hybridized carbons (Fsp3) is 0.667. The Morgan fingerprint density at radius 3 is 2.55 bits per heavy atom. The summed E-state index contributed by atoms with van der Waals surface area (Å²) in [5.74, 6) is -0.264. The summed E-state index contributed by atoms with van der Waals surface area (Å²) in [6, 6.07) is 0. The standard InChI is InChI=1S/C9H16O2/c1-4-7(2)5-6-8(3)9(10)11/h7H,3-6H2,1-2H3,(H,10,11)/t7-/m1/s1. The van der Waals surface area contributed by atoms with Gasteiger partial charge < -0.3 is 5.11 Å². The van der Waals surface area contributed by atoms with Crippen LogP contribution in [0.2, 0.25) is 0 Å². The van der Waals surface area contributed by atoms with E-state index >= 15 is 0 Å². The lowest BCUT2D eigenvalue weighted by atomic mass is 10.00. The van der Waals surface area contributed by atoms with Crippen molar-refractivity contribution >= 4 is 5.97 Å². The third-order valence-electron chi connectivity index (χ3n) is 1.94. The quantitative estimate of drug-likeness (QED) is 0.621. The number of aliphatic carboxylic acids is 1. The lowest BCUT2D eigenvalue weighted by molar-refractivity contribution is -0.132. The van der Waals surface area contributed by atoms with Gasteiger partial charge in [0.25, 0.3) is 0 Å². The predicted octanol–water partition coefficient (Wildman–Crippen LogP) is 2.45. The first-order valence-corrected chi connectivity index (χ1v) is 3.99. The second kappa shape index (κ2) is 4.94. The van der Waals surface area contributed by atoms with Gasteiger partial charge in [-0.25, -0.2) is 4.79 Å². The molecule has 64 valence electrons. The van der Waals surface area contributed by atoms with Crippen molar-refractivity contribution in [1.82, 2.24) is 0 Å². The van der Waals surface area contributed by atoms with Crippen molar-refractivity contribution in [1.29, 1.82) is 0 Å². The van der Waals surface area contributed by atoms with Crippen molar-refractivity contribution in [3.63, 3.8) is 0 Å². The number of rotatable bonds is 5. The molecule has 0 unspecified atom stereocenters. The highest BCUT2D eigenvalue weighted by atomic mass is 16.4. The zero-order valence-electron chi connectivity index (χ0n) is 7.26. The molecule has 0 amide bonds. The van der Waals surface area contributed by atoms with Crippen LogP contribution in [0.1, 0.15) is 33.1 Å². The minimum atomic E-state index is -0.867. The van der Waals surface area contributed by atoms with Gasteiger partial charge in [0, 0.05) is 5.57 Å². The minimum Gasteiger partial charge on any atom is -0.478 e. The average molecular weight is 156 g/mol. The predicted molar refractivity (Wildman–Crippen MR) is 45.5 cm³/mol. The molecule has 0 aromatic carbocycles. The Hall–Kier alpha value is -0.790. The molecular weight excluding hydrogens is 140 g/mol. The molecule has 0 aliphatic carbocycles. The molecule has 0 fully saturated rings. The highest BCUT2D eigenvalue weighted by Gasteiger charge is 2.05. The Kier molecular flexibility index (Phi) is 4.59. The molecule has 0 aliphatic rings. The summed E-state index contributed by atoms with van der Waals surface area (Å²) >= 11 is 0. The second-order valence-electron chi connectivity index (χ2n) is 2.96. The Balaban J connectivity index is 3.54. The largest absolute Gasteiger partial charge is 0.478 e. The van der Waals surface area contributed by atoms with Crippen LogP contribution in [0.15, 0.2) is 12.2 Å². The molecule has 1 N–H and O–H groups in total. The topological polar surface area (TPSA) is 37.3 Å². The lowest BCUT2D eigenvalue weighted by Gasteiger charge is -2.06. The number of hydrogen-bond donors (Lipinski definition) is 1. The zero-order valence-corrected chi connectivity index (χ0v) is 7.26. The van der Waals surface area contributed by atoms with E-state index in [1.165, 1.54) is 0 Å². The van der Waals surface area contributed by atoms with Crippen molar-refractivity contribution in [2.75, 3.05) is 0 Å². The minimum absolute atomic E-state index is 0.324. The van der Waals surface area contributed by atoms with Gasteiger partial charge in [-0.1, -0.05) is 26.8 Å². The van der Waals surface area contributed by atoms with E-state index < -0.39 is 5.97 Å². The van der Waals surface area contributed by atoms with Crippen molar-refractivity contribution in [2.45, 2.75) is 33.1 Å². The molecular formula is C9H16O2. The maximum Gasteiger partial charge on any atom is 0.330 e. The SMILES string of the molecule is C=C(CC[C@H](C)CC)C(=O)O. The Bertz CT molecular complexity index is 150. The lowest BCUT2D eigenvalue weighted by Crippen LogP contribution is -2.01. The Morgan fingerprint density at radius 1 is 1.64 bits per heavy atom. The van der Waals surface area contributed by atoms with Gasteiger partial charge in [-0.2, -0.15) is 0 Å². The molecule has 0 saturated carbocycles. The average Bonchev–Trinajstić information content (AvgIpc) is 1.99. The zero-order chi connectivity index (χ0) is 8.85. The van der Waals surface area contributed by atoms with E-state index in [1.807, 2.05) is 0 Å². The van der Waals surface area contributed by atoms with Crippen LogP contribution in [0.5, 0.6) is 0 Å². The number of carbonyl (C=O) groups is 1. The van der Waals surface area contributed by atoms with Gasteiger partial charge in [0.2, 0.25) is 0 Å². The molecule has 0 aromatic heterocycles. The van der Waals surface area contributed by atoms with Crippen LogP contribution in [0.3, 0.4) is 0 Å². The monoisotopic (exact) mass is 156 g/mol. The van der Waals surface area contributed by atoms with E-state index in [-0.39, 0.29) is 0 Å². The van der Waals surface area contributed by atoms with E-state index in [2.05, 4.69) is 20.4 Å². The van der Waals surface area contributed by atoms with Crippen molar-refractivity contribution in [2.24, 2.45) is 5.92 Å². The van der Waals surface area contributed by atoms with Crippen LogP contribution < -0.4 is 0 Å². The van der Waals surface area contributed by atoms with Crippen LogP contribution in [-0.2, 0) is 4.79 Å². The Morgan fingerprint density at radius 2 is 2.18 bits per heavy atom. The molecule has 11 heavy (non-hydrogen) atoms. The van der Waals surface area contributed by atoms with Crippen LogP contribution >= 0.6 is 0 Å². The van der Waals surface area contributed by atoms with E-state index in [0.717, 1.165) is 12.8 Å². The summed E-state index contributed by atoms with van der Waals surface area (Å²) in [5.41, 5.74) is 0.324. The van der Waals surface area contributed by atoms with E-state index in [4.69, 9.17) is 5.11 Å². The first kappa shape index (κ1) is 10.2. The summed E-state index contributed by atoms with van der Waals surface area (Å²) in [6.45, 7) is 7.69. The normalized spacial score (nSPS) is 12.5. The highest BCUT2D eigenvalue weighted by molar-refractivity contribution is 5.85. The molecule has 0 heterocycles. The number of carboxylic acid groups (broad SMARTS) is 1. The summed E-state index contributed by atoms with van der Waals surface area (Å²) in [7, 11) is 0. The third-order valence-corrected chi connectivity index (χ3v) is 1.94. The molecule has 0 aliphatic heterocycles. The first-order valence-electron chi connectivity index (χ1n) is 3.99. The molecule has 0 aromatic rings. The van der Waals surface area contributed by atoms with Crippen molar-refractivity contribution in [3.8, 4) is 0 Å². The van der Waals surface area contributed by atoms with Gasteiger partial charge in [-0.05, 0) is 18.8 Å². The van der Waals surface area contributed by atoms with Crippen molar-refractivity contribution in [3.05, 3.63) is 12.2 Å². The van der Waals surface area contributed by atoms with Gasteiger partial charge >= 0.3 is 5.97 Å². The molecule has 0 bridgehead atoms. The number of carboxylic acids is 1. The number of hydrogen-bond acceptors (Lipinski definition) is 1. The summed E-state index contributed by atoms with van der Waals surface area (Å²) in [4.78, 5) is 10.3. The van der Waals surface area contributed by atoms with Gasteiger partial charge in [-0.3, -0.25) is 0 Å². The van der Waals surface area contributed by atoms with E-state index in [1.54, 1.807) is 0 Å². The molecule has 0 saturated heterocycles. The maximum absolute atomic E-state index is 10.3. The first-order chi connectivity index (χ1) is 5.07. The van der Waals surface area contributed by atoms with Crippen LogP contribution in [0.4, 0.5) is 0 Å².